The standard InChI is InChI=1S/C27H27N3O2S2/c1-16-12-13-20-21(14-16)34-25-23(20)26(32)30(19-10-5-4-6-11-19)27(29-25)33-15-22(31)28-24-17(2)8-7-9-18(24)3/h4-11,16H,12-15H2,1-3H3,(H,28,31). The molecule has 0 saturated carbocycles. The summed E-state index contributed by atoms with van der Waals surface area (Å²) >= 11 is 2.94. The number of fused-ring (bicyclic) bond motifs is 3. The SMILES string of the molecule is Cc1cccc(C)c1NC(=O)CSc1nc2sc3c(c2c(=O)n1-c1ccccc1)CCC(C)C3. The maximum absolute atomic E-state index is 13.8. The van der Waals surface area contributed by atoms with Crippen molar-refractivity contribution in [2.75, 3.05) is 11.1 Å². The molecule has 5 nitrogen and oxygen atoms in total. The van der Waals surface area contributed by atoms with Crippen molar-refractivity contribution in [2.45, 2.75) is 45.2 Å². The molecule has 1 unspecified atom stereocenters. The van der Waals surface area contributed by atoms with Gasteiger partial charge in [0.1, 0.15) is 4.83 Å². The first-order valence-electron chi connectivity index (χ1n) is 11.5. The van der Waals surface area contributed by atoms with E-state index < -0.39 is 0 Å². The molecule has 1 aliphatic carbocycles. The van der Waals surface area contributed by atoms with Gasteiger partial charge in [-0.05, 0) is 67.9 Å². The number of carbonyl (C=O) groups is 1. The van der Waals surface area contributed by atoms with Crippen molar-refractivity contribution in [3.63, 3.8) is 0 Å². The van der Waals surface area contributed by atoms with Gasteiger partial charge in [-0.25, -0.2) is 4.98 Å². The molecule has 0 bridgehead atoms. The van der Waals surface area contributed by atoms with Gasteiger partial charge < -0.3 is 5.32 Å². The summed E-state index contributed by atoms with van der Waals surface area (Å²) < 4.78 is 1.67. The Hall–Kier alpha value is -2.90. The maximum Gasteiger partial charge on any atom is 0.267 e. The second-order valence-corrected chi connectivity index (χ2v) is 11.0. The van der Waals surface area contributed by atoms with Crippen molar-refractivity contribution >= 4 is 44.9 Å². The van der Waals surface area contributed by atoms with Crippen LogP contribution in [0.3, 0.4) is 0 Å². The first-order valence-corrected chi connectivity index (χ1v) is 13.3. The predicted molar refractivity (Wildman–Crippen MR) is 142 cm³/mol. The molecule has 5 rings (SSSR count). The number of aryl methyl sites for hydroxylation is 3. The van der Waals surface area contributed by atoms with E-state index in [1.54, 1.807) is 15.9 Å². The van der Waals surface area contributed by atoms with Crippen LogP contribution in [-0.4, -0.2) is 21.2 Å². The molecular weight excluding hydrogens is 462 g/mol. The molecule has 7 heteroatoms. The first kappa shape index (κ1) is 22.9. The summed E-state index contributed by atoms with van der Waals surface area (Å²) in [7, 11) is 0. The molecule has 1 atom stereocenters. The Labute approximate surface area is 207 Å². The summed E-state index contributed by atoms with van der Waals surface area (Å²) in [6, 6.07) is 15.5. The van der Waals surface area contributed by atoms with Crippen molar-refractivity contribution in [3.05, 3.63) is 80.5 Å². The normalized spacial score (nSPS) is 15.3. The van der Waals surface area contributed by atoms with E-state index in [9.17, 15) is 9.59 Å². The summed E-state index contributed by atoms with van der Waals surface area (Å²) in [6.07, 6.45) is 3.02. The van der Waals surface area contributed by atoms with Crippen LogP contribution in [0.25, 0.3) is 15.9 Å². The van der Waals surface area contributed by atoms with Crippen LogP contribution in [0.4, 0.5) is 5.69 Å². The lowest BCUT2D eigenvalue weighted by atomic mass is 9.89. The maximum atomic E-state index is 13.8. The van der Waals surface area contributed by atoms with E-state index >= 15 is 0 Å². The van der Waals surface area contributed by atoms with Gasteiger partial charge in [-0.2, -0.15) is 0 Å². The highest BCUT2D eigenvalue weighted by molar-refractivity contribution is 7.99. The zero-order chi connectivity index (χ0) is 23.8. The van der Waals surface area contributed by atoms with Gasteiger partial charge in [-0.1, -0.05) is 55.1 Å². The van der Waals surface area contributed by atoms with Crippen molar-refractivity contribution in [1.29, 1.82) is 0 Å². The third kappa shape index (κ3) is 4.30. The summed E-state index contributed by atoms with van der Waals surface area (Å²) in [5.41, 5.74) is 4.79. The number of benzene rings is 2. The molecule has 174 valence electrons. The fraction of sp³-hybridized carbons (Fsp3) is 0.296. The molecule has 0 radical (unpaired) electrons. The average Bonchev–Trinajstić information content (AvgIpc) is 3.18. The van der Waals surface area contributed by atoms with Crippen molar-refractivity contribution < 1.29 is 4.79 Å². The highest BCUT2D eigenvalue weighted by Gasteiger charge is 2.25. The van der Waals surface area contributed by atoms with Crippen LogP contribution in [0, 0.1) is 19.8 Å². The number of anilines is 1. The van der Waals surface area contributed by atoms with Crippen LogP contribution >= 0.6 is 23.1 Å². The molecule has 0 fully saturated rings. The van der Waals surface area contributed by atoms with Gasteiger partial charge in [0.2, 0.25) is 5.91 Å². The Morgan fingerprint density at radius 1 is 1.15 bits per heavy atom. The number of para-hydroxylation sites is 2. The third-order valence-electron chi connectivity index (χ3n) is 6.39. The number of hydrogen-bond donors (Lipinski definition) is 1. The van der Waals surface area contributed by atoms with Crippen LogP contribution in [-0.2, 0) is 17.6 Å². The van der Waals surface area contributed by atoms with E-state index in [1.807, 2.05) is 62.4 Å². The molecule has 1 amide bonds. The van der Waals surface area contributed by atoms with Crippen LogP contribution in [0.15, 0.2) is 58.5 Å². The number of thioether (sulfide) groups is 1. The summed E-state index contributed by atoms with van der Waals surface area (Å²) in [5, 5.41) is 4.33. The van der Waals surface area contributed by atoms with E-state index in [-0.39, 0.29) is 17.2 Å². The smallest absolute Gasteiger partial charge is 0.267 e. The number of nitrogens with zero attached hydrogens (tertiary/aromatic N) is 2. The number of rotatable bonds is 5. The minimum atomic E-state index is -0.115. The van der Waals surface area contributed by atoms with E-state index in [0.29, 0.717) is 11.1 Å². The molecule has 2 heterocycles. The largest absolute Gasteiger partial charge is 0.325 e. The molecular formula is C27H27N3O2S2. The van der Waals surface area contributed by atoms with Gasteiger partial charge in [0.05, 0.1) is 16.8 Å². The molecule has 2 aromatic heterocycles. The zero-order valence-electron chi connectivity index (χ0n) is 19.6. The second-order valence-electron chi connectivity index (χ2n) is 9.01. The van der Waals surface area contributed by atoms with Crippen LogP contribution < -0.4 is 10.9 Å². The monoisotopic (exact) mass is 489 g/mol. The molecule has 0 spiro atoms. The Kier molecular flexibility index (Phi) is 6.32. The Morgan fingerprint density at radius 3 is 2.62 bits per heavy atom. The Morgan fingerprint density at radius 2 is 1.88 bits per heavy atom. The minimum Gasteiger partial charge on any atom is -0.325 e. The Balaban J connectivity index is 1.52. The van der Waals surface area contributed by atoms with E-state index in [0.717, 1.165) is 52.0 Å². The lowest BCUT2D eigenvalue weighted by Crippen LogP contribution is -2.23. The molecule has 1 aliphatic rings. The van der Waals surface area contributed by atoms with Gasteiger partial charge in [-0.3, -0.25) is 14.2 Å². The quantitative estimate of drug-likeness (QED) is 0.279. The fourth-order valence-electron chi connectivity index (χ4n) is 4.59. The Bertz CT molecular complexity index is 1420. The minimum absolute atomic E-state index is 0.0408. The summed E-state index contributed by atoms with van der Waals surface area (Å²) in [6.45, 7) is 6.23. The number of nitrogens with one attached hydrogen (secondary N) is 1. The summed E-state index contributed by atoms with van der Waals surface area (Å²) in [5.74, 6) is 0.677. The topological polar surface area (TPSA) is 64.0 Å². The number of carbonyl (C=O) groups excluding carboxylic acids is 1. The number of thiophene rings is 1. The lowest BCUT2D eigenvalue weighted by Gasteiger charge is -2.18. The van der Waals surface area contributed by atoms with Gasteiger partial charge in [0.15, 0.2) is 5.16 Å². The van der Waals surface area contributed by atoms with Crippen LogP contribution in [0.5, 0.6) is 0 Å². The van der Waals surface area contributed by atoms with Crippen molar-refractivity contribution in [1.82, 2.24) is 9.55 Å². The number of amides is 1. The van der Waals surface area contributed by atoms with Crippen molar-refractivity contribution in [2.24, 2.45) is 5.92 Å². The third-order valence-corrected chi connectivity index (χ3v) is 8.48. The van der Waals surface area contributed by atoms with E-state index in [4.69, 9.17) is 4.98 Å². The molecule has 34 heavy (non-hydrogen) atoms. The molecule has 2 aromatic carbocycles. The molecule has 0 saturated heterocycles. The highest BCUT2D eigenvalue weighted by Crippen LogP contribution is 2.37. The fourth-order valence-corrected chi connectivity index (χ4v) is 6.83. The van der Waals surface area contributed by atoms with Gasteiger partial charge in [0, 0.05) is 10.6 Å². The van der Waals surface area contributed by atoms with Crippen molar-refractivity contribution in [3.8, 4) is 5.69 Å². The first-order chi connectivity index (χ1) is 16.4. The zero-order valence-corrected chi connectivity index (χ0v) is 21.2. The van der Waals surface area contributed by atoms with Crippen LogP contribution in [0.2, 0.25) is 0 Å². The second kappa shape index (κ2) is 9.39. The molecule has 4 aromatic rings. The van der Waals surface area contributed by atoms with E-state index in [1.165, 1.54) is 22.2 Å². The van der Waals surface area contributed by atoms with Gasteiger partial charge >= 0.3 is 0 Å². The average molecular weight is 490 g/mol. The molecule has 1 N–H and O–H groups in total. The van der Waals surface area contributed by atoms with E-state index in [2.05, 4.69) is 12.2 Å². The van der Waals surface area contributed by atoms with Gasteiger partial charge in [-0.15, -0.1) is 11.3 Å². The predicted octanol–water partition coefficient (Wildman–Crippen LogP) is 5.92. The summed E-state index contributed by atoms with van der Waals surface area (Å²) in [4.78, 5) is 33.6. The number of aromatic nitrogens is 2. The highest BCUT2D eigenvalue weighted by atomic mass is 32.2. The lowest BCUT2D eigenvalue weighted by molar-refractivity contribution is -0.113. The van der Waals surface area contributed by atoms with Crippen LogP contribution in [0.1, 0.15) is 34.9 Å². The number of hydrogen-bond acceptors (Lipinski definition) is 5. The molecule has 0 aliphatic heterocycles. The van der Waals surface area contributed by atoms with Gasteiger partial charge in [0.25, 0.3) is 5.56 Å².